The van der Waals surface area contributed by atoms with E-state index < -0.39 is 63.7 Å². The summed E-state index contributed by atoms with van der Waals surface area (Å²) < 4.78 is 10.9. The van der Waals surface area contributed by atoms with E-state index in [1.165, 1.54) is 6.92 Å². The van der Waals surface area contributed by atoms with E-state index >= 15 is 0 Å². The van der Waals surface area contributed by atoms with Gasteiger partial charge in [0.15, 0.2) is 0 Å². The van der Waals surface area contributed by atoms with Crippen molar-refractivity contribution in [1.82, 2.24) is 0 Å². The first-order valence-electron chi connectivity index (χ1n) is 13.0. The number of carbonyl (C=O) groups is 3. The van der Waals surface area contributed by atoms with Gasteiger partial charge in [-0.1, -0.05) is 27.7 Å². The third-order valence-electron chi connectivity index (χ3n) is 11.0. The number of fused-ring (bicyclic) bond motifs is 5. The molecule has 5 rings (SSSR count). The van der Waals surface area contributed by atoms with Crippen molar-refractivity contribution in [2.24, 2.45) is 39.4 Å². The molecular formula is C28H38O8. The third kappa shape index (κ3) is 3.07. The predicted molar refractivity (Wildman–Crippen MR) is 127 cm³/mol. The van der Waals surface area contributed by atoms with Crippen molar-refractivity contribution < 1.29 is 38.9 Å². The number of rotatable bonds is 3. The van der Waals surface area contributed by atoms with Gasteiger partial charge in [0.25, 0.3) is 0 Å². The summed E-state index contributed by atoms with van der Waals surface area (Å²) >= 11 is 0. The van der Waals surface area contributed by atoms with Crippen LogP contribution >= 0.6 is 0 Å². The van der Waals surface area contributed by atoms with Gasteiger partial charge in [-0.25, -0.2) is 0 Å². The fourth-order valence-electron chi connectivity index (χ4n) is 9.42. The summed E-state index contributed by atoms with van der Waals surface area (Å²) in [7, 11) is 0. The van der Waals surface area contributed by atoms with E-state index in [0.717, 1.165) is 5.56 Å². The van der Waals surface area contributed by atoms with Crippen LogP contribution in [0.1, 0.15) is 71.8 Å². The lowest BCUT2D eigenvalue weighted by Gasteiger charge is -2.69. The van der Waals surface area contributed by atoms with Gasteiger partial charge in [0, 0.05) is 54.8 Å². The molecule has 4 aliphatic rings. The van der Waals surface area contributed by atoms with Crippen LogP contribution in [0.25, 0.3) is 0 Å². The molecule has 0 aromatic carbocycles. The lowest BCUT2D eigenvalue weighted by atomic mass is 9.35. The quantitative estimate of drug-likeness (QED) is 0.537. The number of ketones is 2. The molecule has 4 aliphatic carbocycles. The Hall–Kier alpha value is -2.03. The summed E-state index contributed by atoms with van der Waals surface area (Å²) in [5, 5.41) is 34.4. The minimum absolute atomic E-state index is 0.00608. The van der Waals surface area contributed by atoms with E-state index in [1.807, 2.05) is 33.8 Å². The Morgan fingerprint density at radius 1 is 1.03 bits per heavy atom. The molecule has 0 saturated heterocycles. The Kier molecular flexibility index (Phi) is 5.68. The summed E-state index contributed by atoms with van der Waals surface area (Å²) in [6.07, 6.45) is 0.716. The molecule has 0 radical (unpaired) electrons. The topological polar surface area (TPSA) is 134 Å². The number of aliphatic hydroxyl groups is 3. The molecule has 3 N–H and O–H groups in total. The van der Waals surface area contributed by atoms with E-state index in [4.69, 9.17) is 9.15 Å². The summed E-state index contributed by atoms with van der Waals surface area (Å²) in [6.45, 7) is 8.61. The van der Waals surface area contributed by atoms with Gasteiger partial charge >= 0.3 is 5.97 Å². The van der Waals surface area contributed by atoms with Crippen LogP contribution in [0.4, 0.5) is 0 Å². The van der Waals surface area contributed by atoms with Crippen LogP contribution in [-0.4, -0.2) is 57.8 Å². The Morgan fingerprint density at radius 2 is 1.72 bits per heavy atom. The number of Topliss-reactive ketones (excluding diaryl/α,β-unsaturated/α-hetero) is 2. The molecule has 198 valence electrons. The van der Waals surface area contributed by atoms with Crippen LogP contribution in [-0.2, 0) is 19.1 Å². The molecule has 10 unspecified atom stereocenters. The Balaban J connectivity index is 1.70. The molecule has 8 nitrogen and oxygen atoms in total. The van der Waals surface area contributed by atoms with Crippen molar-refractivity contribution in [3.05, 3.63) is 24.2 Å². The largest absolute Gasteiger partial charge is 0.472 e. The lowest BCUT2D eigenvalue weighted by Crippen LogP contribution is -2.75. The van der Waals surface area contributed by atoms with Gasteiger partial charge in [-0.05, 0) is 34.8 Å². The molecule has 1 aromatic heterocycles. The number of hydrogen-bond donors (Lipinski definition) is 3. The van der Waals surface area contributed by atoms with Crippen molar-refractivity contribution in [3.8, 4) is 0 Å². The molecule has 8 heteroatoms. The number of esters is 1. The SMILES string of the molecule is CC(=O)OCC12C(O)CC(O)C(C)(C)C1CC(O)C1(C)C3C(=O)CC(c4ccoc4)C3(C)CC(=O)C12. The summed E-state index contributed by atoms with van der Waals surface area (Å²) in [4.78, 5) is 40.1. The highest BCUT2D eigenvalue weighted by Crippen LogP contribution is 2.73. The first-order valence-corrected chi connectivity index (χ1v) is 13.0. The molecule has 0 bridgehead atoms. The van der Waals surface area contributed by atoms with Gasteiger partial charge in [-0.3, -0.25) is 14.4 Å². The van der Waals surface area contributed by atoms with Crippen molar-refractivity contribution in [3.63, 3.8) is 0 Å². The monoisotopic (exact) mass is 502 g/mol. The fraction of sp³-hybridized carbons (Fsp3) is 0.750. The minimum atomic E-state index is -1.23. The van der Waals surface area contributed by atoms with E-state index in [1.54, 1.807) is 12.5 Å². The molecule has 36 heavy (non-hydrogen) atoms. The van der Waals surface area contributed by atoms with Crippen molar-refractivity contribution in [2.45, 2.75) is 84.5 Å². The fourth-order valence-corrected chi connectivity index (χ4v) is 9.42. The molecular weight excluding hydrogens is 464 g/mol. The van der Waals surface area contributed by atoms with Gasteiger partial charge < -0.3 is 24.5 Å². The maximum absolute atomic E-state index is 14.3. The van der Waals surface area contributed by atoms with E-state index in [0.29, 0.717) is 0 Å². The average Bonchev–Trinajstić information content (AvgIpc) is 3.38. The number of ether oxygens (including phenoxy) is 1. The van der Waals surface area contributed by atoms with Crippen LogP contribution in [0, 0.1) is 39.4 Å². The Bertz CT molecular complexity index is 1080. The predicted octanol–water partition coefficient (Wildman–Crippen LogP) is 2.64. The molecule has 0 amide bonds. The second kappa shape index (κ2) is 7.98. The number of aliphatic hydroxyl groups excluding tert-OH is 3. The molecule has 4 saturated carbocycles. The van der Waals surface area contributed by atoms with Crippen LogP contribution in [0.5, 0.6) is 0 Å². The molecule has 4 fully saturated rings. The maximum Gasteiger partial charge on any atom is 0.302 e. The van der Waals surface area contributed by atoms with Gasteiger partial charge in [-0.2, -0.15) is 0 Å². The highest BCUT2D eigenvalue weighted by Gasteiger charge is 2.77. The number of furan rings is 1. The van der Waals surface area contributed by atoms with Crippen LogP contribution in [0.2, 0.25) is 0 Å². The summed E-state index contributed by atoms with van der Waals surface area (Å²) in [6, 6.07) is 1.83. The van der Waals surface area contributed by atoms with Gasteiger partial charge in [0.05, 0.1) is 30.8 Å². The molecule has 10 atom stereocenters. The van der Waals surface area contributed by atoms with Gasteiger partial charge in [0.2, 0.25) is 0 Å². The van der Waals surface area contributed by atoms with Crippen LogP contribution in [0.15, 0.2) is 23.0 Å². The second-order valence-corrected chi connectivity index (χ2v) is 12.9. The highest BCUT2D eigenvalue weighted by atomic mass is 16.5. The van der Waals surface area contributed by atoms with Gasteiger partial charge in [0.1, 0.15) is 18.2 Å². The lowest BCUT2D eigenvalue weighted by molar-refractivity contribution is -0.280. The number of carbonyl (C=O) groups excluding carboxylic acids is 3. The zero-order valence-corrected chi connectivity index (χ0v) is 21.7. The van der Waals surface area contributed by atoms with Crippen LogP contribution in [0.3, 0.4) is 0 Å². The maximum atomic E-state index is 14.3. The van der Waals surface area contributed by atoms with Crippen molar-refractivity contribution >= 4 is 17.5 Å². The first kappa shape index (κ1) is 25.6. The highest BCUT2D eigenvalue weighted by molar-refractivity contribution is 5.94. The van der Waals surface area contributed by atoms with Crippen molar-refractivity contribution in [1.29, 1.82) is 0 Å². The Morgan fingerprint density at radius 3 is 2.33 bits per heavy atom. The van der Waals surface area contributed by atoms with E-state index in [2.05, 4.69) is 0 Å². The number of hydrogen-bond acceptors (Lipinski definition) is 8. The summed E-state index contributed by atoms with van der Waals surface area (Å²) in [5.41, 5.74) is -3.02. The second-order valence-electron chi connectivity index (χ2n) is 12.9. The van der Waals surface area contributed by atoms with Gasteiger partial charge in [-0.15, -0.1) is 0 Å². The molecule has 0 spiro atoms. The first-order chi connectivity index (χ1) is 16.7. The molecule has 1 aromatic rings. The Labute approximate surface area is 211 Å². The van der Waals surface area contributed by atoms with Crippen molar-refractivity contribution in [2.75, 3.05) is 6.61 Å². The zero-order valence-electron chi connectivity index (χ0n) is 21.7. The average molecular weight is 503 g/mol. The minimum Gasteiger partial charge on any atom is -0.472 e. The van der Waals surface area contributed by atoms with Crippen LogP contribution < -0.4 is 0 Å². The smallest absolute Gasteiger partial charge is 0.302 e. The third-order valence-corrected chi connectivity index (χ3v) is 11.0. The standard InChI is InChI=1S/C28H38O8/c1-14(29)36-13-28-19(25(2,3)20(32)10-22(28)34)9-21(33)27(5)23-17(30)8-16(15-6-7-35-12-15)26(23,4)11-18(31)24(27)28/h6-7,12,16,19-24,32-34H,8-11,13H2,1-5H3. The normalized spacial score (nSPS) is 47.6. The zero-order chi connectivity index (χ0) is 26.4. The van der Waals surface area contributed by atoms with E-state index in [-0.39, 0.29) is 49.8 Å². The summed E-state index contributed by atoms with van der Waals surface area (Å²) in [5.74, 6) is -2.94. The van der Waals surface area contributed by atoms with E-state index in [9.17, 15) is 29.7 Å². The molecule has 1 heterocycles. The molecule has 0 aliphatic heterocycles.